The van der Waals surface area contributed by atoms with Gasteiger partial charge >= 0.3 is 0 Å². The van der Waals surface area contributed by atoms with Gasteiger partial charge in [0.2, 0.25) is 0 Å². The number of rotatable bonds is 4. The number of carbonyl (C=O) groups excluding carboxylic acids is 1. The molecule has 2 aromatic rings. The fourth-order valence-corrected chi connectivity index (χ4v) is 3.61. The zero-order chi connectivity index (χ0) is 15.5. The van der Waals surface area contributed by atoms with Crippen LogP contribution in [0.2, 0.25) is 0 Å². The van der Waals surface area contributed by atoms with Gasteiger partial charge in [-0.05, 0) is 26.7 Å². The normalized spacial score (nSPS) is 17.4. The third-order valence-electron chi connectivity index (χ3n) is 4.05. The van der Waals surface area contributed by atoms with Crippen LogP contribution in [0.25, 0.3) is 0 Å². The summed E-state index contributed by atoms with van der Waals surface area (Å²) in [5.41, 5.74) is 1.36. The molecule has 118 valence electrons. The second-order valence-electron chi connectivity index (χ2n) is 5.90. The number of aromatic nitrogens is 4. The number of amides is 1. The van der Waals surface area contributed by atoms with Crippen LogP contribution in [-0.2, 0) is 0 Å². The van der Waals surface area contributed by atoms with Crippen molar-refractivity contribution in [3.05, 3.63) is 28.0 Å². The molecule has 1 saturated carbocycles. The minimum atomic E-state index is -0.192. The minimum Gasteiger partial charge on any atom is -0.342 e. The Bertz CT molecular complexity index is 644. The quantitative estimate of drug-likeness (QED) is 0.940. The molecule has 6 nitrogen and oxygen atoms in total. The third kappa shape index (κ3) is 3.35. The first-order chi connectivity index (χ1) is 10.6. The van der Waals surface area contributed by atoms with Crippen LogP contribution in [0.5, 0.6) is 0 Å². The van der Waals surface area contributed by atoms with Gasteiger partial charge in [0.15, 0.2) is 5.69 Å². The van der Waals surface area contributed by atoms with E-state index in [4.69, 9.17) is 0 Å². The average molecular weight is 319 g/mol. The van der Waals surface area contributed by atoms with Crippen LogP contribution < -0.4 is 5.32 Å². The maximum Gasteiger partial charge on any atom is 0.274 e. The van der Waals surface area contributed by atoms with Gasteiger partial charge in [-0.25, -0.2) is 9.67 Å². The van der Waals surface area contributed by atoms with Crippen LogP contribution in [-0.4, -0.2) is 25.9 Å². The van der Waals surface area contributed by atoms with Crippen LogP contribution >= 0.6 is 11.3 Å². The Balaban J connectivity index is 1.63. The van der Waals surface area contributed by atoms with Crippen molar-refractivity contribution >= 4 is 17.2 Å². The molecule has 22 heavy (non-hydrogen) atoms. The first kappa shape index (κ1) is 15.1. The second kappa shape index (κ2) is 6.56. The molecule has 1 aliphatic rings. The molecule has 1 fully saturated rings. The van der Waals surface area contributed by atoms with Crippen molar-refractivity contribution in [1.29, 1.82) is 0 Å². The number of hydrogen-bond acceptors (Lipinski definition) is 5. The first-order valence-electron chi connectivity index (χ1n) is 7.78. The summed E-state index contributed by atoms with van der Waals surface area (Å²) < 4.78 is 1.85. The lowest BCUT2D eigenvalue weighted by molar-refractivity contribution is 0.0934. The smallest absolute Gasteiger partial charge is 0.274 e. The molecule has 0 aromatic carbocycles. The number of carbonyl (C=O) groups is 1. The lowest BCUT2D eigenvalue weighted by Crippen LogP contribution is -2.27. The molecule has 0 bridgehead atoms. The van der Waals surface area contributed by atoms with Gasteiger partial charge in [0.1, 0.15) is 5.01 Å². The lowest BCUT2D eigenvalue weighted by Gasteiger charge is -2.20. The summed E-state index contributed by atoms with van der Waals surface area (Å²) in [6, 6.07) is 0.271. The van der Waals surface area contributed by atoms with Crippen molar-refractivity contribution in [1.82, 2.24) is 25.3 Å². The zero-order valence-corrected chi connectivity index (χ0v) is 13.8. The molecule has 0 spiro atoms. The van der Waals surface area contributed by atoms with E-state index in [1.165, 1.54) is 19.3 Å². The molecule has 0 aliphatic heterocycles. The van der Waals surface area contributed by atoms with Crippen LogP contribution in [0.1, 0.15) is 72.3 Å². The molecule has 3 rings (SSSR count). The molecule has 0 radical (unpaired) electrons. The summed E-state index contributed by atoms with van der Waals surface area (Å²) in [6.45, 7) is 3.88. The highest BCUT2D eigenvalue weighted by Gasteiger charge is 2.20. The Morgan fingerprint density at radius 3 is 2.86 bits per heavy atom. The predicted octanol–water partition coefficient (Wildman–Crippen LogP) is 3.04. The minimum absolute atomic E-state index is 0.119. The molecule has 1 N–H and O–H groups in total. The Labute approximate surface area is 133 Å². The van der Waals surface area contributed by atoms with E-state index in [9.17, 15) is 4.79 Å². The molecule has 0 saturated heterocycles. The van der Waals surface area contributed by atoms with Gasteiger partial charge in [0.05, 0.1) is 18.3 Å². The summed E-state index contributed by atoms with van der Waals surface area (Å²) in [5.74, 6) is -0.192. The highest BCUT2D eigenvalue weighted by molar-refractivity contribution is 7.09. The van der Waals surface area contributed by atoms with Gasteiger partial charge in [-0.3, -0.25) is 4.79 Å². The molecule has 0 unspecified atom stereocenters. The monoisotopic (exact) mass is 319 g/mol. The number of hydrogen-bond donors (Lipinski definition) is 1. The van der Waals surface area contributed by atoms with Crippen molar-refractivity contribution in [3.8, 4) is 0 Å². The topological polar surface area (TPSA) is 72.7 Å². The van der Waals surface area contributed by atoms with Crippen molar-refractivity contribution in [2.24, 2.45) is 0 Å². The predicted molar refractivity (Wildman–Crippen MR) is 84.9 cm³/mol. The van der Waals surface area contributed by atoms with E-state index in [1.807, 2.05) is 23.9 Å². The Morgan fingerprint density at radius 1 is 1.41 bits per heavy atom. The van der Waals surface area contributed by atoms with Gasteiger partial charge in [-0.15, -0.1) is 16.4 Å². The number of aryl methyl sites for hydroxylation is 1. The van der Waals surface area contributed by atoms with Crippen LogP contribution in [0, 0.1) is 6.92 Å². The summed E-state index contributed by atoms with van der Waals surface area (Å²) in [5, 5.41) is 14.0. The van der Waals surface area contributed by atoms with E-state index < -0.39 is 0 Å². The van der Waals surface area contributed by atoms with Crippen LogP contribution in [0.15, 0.2) is 11.6 Å². The van der Waals surface area contributed by atoms with E-state index in [0.717, 1.165) is 23.5 Å². The zero-order valence-electron chi connectivity index (χ0n) is 13.0. The van der Waals surface area contributed by atoms with Crippen molar-refractivity contribution in [2.45, 2.75) is 58.0 Å². The summed E-state index contributed by atoms with van der Waals surface area (Å²) in [6.07, 6.45) is 7.77. The molecule has 1 atom stereocenters. The van der Waals surface area contributed by atoms with Crippen molar-refractivity contribution < 1.29 is 4.79 Å². The fraction of sp³-hybridized carbons (Fsp3) is 0.600. The van der Waals surface area contributed by atoms with E-state index in [0.29, 0.717) is 11.7 Å². The van der Waals surface area contributed by atoms with E-state index in [2.05, 4.69) is 20.6 Å². The molecular weight excluding hydrogens is 298 g/mol. The second-order valence-corrected chi connectivity index (χ2v) is 6.79. The van der Waals surface area contributed by atoms with Gasteiger partial charge in [0.25, 0.3) is 5.91 Å². The van der Waals surface area contributed by atoms with Crippen LogP contribution in [0.4, 0.5) is 0 Å². The SMILES string of the molecule is Cc1csc([C@H](C)NC(=O)c2cn(C3CCCCC3)nn2)n1. The highest BCUT2D eigenvalue weighted by Crippen LogP contribution is 2.27. The van der Waals surface area contributed by atoms with Gasteiger partial charge in [-0.2, -0.15) is 0 Å². The Kier molecular flexibility index (Phi) is 4.52. The third-order valence-corrected chi connectivity index (χ3v) is 5.19. The molecule has 1 aliphatic carbocycles. The van der Waals surface area contributed by atoms with Crippen molar-refractivity contribution in [3.63, 3.8) is 0 Å². The number of nitrogens with one attached hydrogen (secondary N) is 1. The molecule has 2 heterocycles. The number of thiazole rings is 1. The number of nitrogens with zero attached hydrogens (tertiary/aromatic N) is 4. The Morgan fingerprint density at radius 2 is 2.18 bits per heavy atom. The van der Waals surface area contributed by atoms with E-state index in [1.54, 1.807) is 17.5 Å². The summed E-state index contributed by atoms with van der Waals surface area (Å²) in [7, 11) is 0. The van der Waals surface area contributed by atoms with E-state index >= 15 is 0 Å². The van der Waals surface area contributed by atoms with Gasteiger partial charge in [-0.1, -0.05) is 24.5 Å². The average Bonchev–Trinajstić information content (AvgIpc) is 3.17. The highest BCUT2D eigenvalue weighted by atomic mass is 32.1. The molecule has 2 aromatic heterocycles. The lowest BCUT2D eigenvalue weighted by atomic mass is 9.96. The maximum atomic E-state index is 12.3. The van der Waals surface area contributed by atoms with Crippen LogP contribution in [0.3, 0.4) is 0 Å². The molecular formula is C15H21N5OS. The maximum absolute atomic E-state index is 12.3. The standard InChI is InChI=1S/C15H21N5OS/c1-10-9-22-15(16-10)11(2)17-14(21)13-8-20(19-18-13)12-6-4-3-5-7-12/h8-9,11-12H,3-7H2,1-2H3,(H,17,21)/t11-/m0/s1. The summed E-state index contributed by atoms with van der Waals surface area (Å²) in [4.78, 5) is 16.7. The first-order valence-corrected chi connectivity index (χ1v) is 8.66. The van der Waals surface area contributed by atoms with Gasteiger partial charge in [0, 0.05) is 11.1 Å². The fourth-order valence-electron chi connectivity index (χ4n) is 2.81. The summed E-state index contributed by atoms with van der Waals surface area (Å²) >= 11 is 1.56. The largest absolute Gasteiger partial charge is 0.342 e. The Hall–Kier alpha value is -1.76. The molecule has 7 heteroatoms. The van der Waals surface area contributed by atoms with Crippen molar-refractivity contribution in [2.75, 3.05) is 0 Å². The van der Waals surface area contributed by atoms with Gasteiger partial charge < -0.3 is 5.32 Å². The molecule has 1 amide bonds. The van der Waals surface area contributed by atoms with E-state index in [-0.39, 0.29) is 11.9 Å².